The molecular weight excluding hydrogens is 278 g/mol. The fourth-order valence-corrected chi connectivity index (χ4v) is 1.78. The fraction of sp³-hybridized carbons (Fsp3) is 0.0769. The Balaban J connectivity index is 2.30. The van der Waals surface area contributed by atoms with Crippen LogP contribution in [0.2, 0.25) is 0 Å². The molecule has 2 aromatic rings. The van der Waals surface area contributed by atoms with Crippen molar-refractivity contribution in [3.8, 4) is 0 Å². The van der Waals surface area contributed by atoms with E-state index in [1.165, 1.54) is 31.3 Å². The first-order valence-corrected chi connectivity index (χ1v) is 5.80. The smallest absolute Gasteiger partial charge is 0.339 e. The number of hydrogen-bond donors (Lipinski definition) is 3. The third-order valence-electron chi connectivity index (χ3n) is 2.75. The second-order valence-corrected chi connectivity index (χ2v) is 4.18. The van der Waals surface area contributed by atoms with Gasteiger partial charge in [0.05, 0.1) is 11.8 Å². The molecule has 8 nitrogen and oxygen atoms in total. The molecule has 0 saturated heterocycles. The van der Waals surface area contributed by atoms with Gasteiger partial charge in [-0.2, -0.15) is 5.10 Å². The van der Waals surface area contributed by atoms with E-state index < -0.39 is 17.8 Å². The molecule has 0 radical (unpaired) electrons. The number of rotatable bonds is 4. The van der Waals surface area contributed by atoms with Crippen LogP contribution in [0.3, 0.4) is 0 Å². The molecule has 8 heteroatoms. The highest BCUT2D eigenvalue weighted by atomic mass is 16.4. The third kappa shape index (κ3) is 2.89. The van der Waals surface area contributed by atoms with Crippen molar-refractivity contribution >= 4 is 23.5 Å². The number of benzene rings is 1. The van der Waals surface area contributed by atoms with E-state index in [4.69, 9.17) is 10.2 Å². The standard InChI is InChI=1S/C13H11N3O5/c1-16-10(9(6-14-16)13(20)21)11(17)15-8-4-2-3-7(5-8)12(18)19/h2-6H,1H3,(H,15,17)(H,18,19)(H,20,21). The highest BCUT2D eigenvalue weighted by molar-refractivity contribution is 6.09. The number of nitrogens with zero attached hydrogens (tertiary/aromatic N) is 2. The molecule has 21 heavy (non-hydrogen) atoms. The van der Waals surface area contributed by atoms with Crippen molar-refractivity contribution < 1.29 is 24.6 Å². The fourth-order valence-electron chi connectivity index (χ4n) is 1.78. The molecule has 108 valence electrons. The van der Waals surface area contributed by atoms with Crippen LogP contribution >= 0.6 is 0 Å². The molecule has 0 saturated carbocycles. The lowest BCUT2D eigenvalue weighted by Gasteiger charge is -2.07. The van der Waals surface area contributed by atoms with Crippen molar-refractivity contribution in [1.82, 2.24) is 9.78 Å². The molecule has 0 aliphatic carbocycles. The van der Waals surface area contributed by atoms with Gasteiger partial charge in [0, 0.05) is 12.7 Å². The van der Waals surface area contributed by atoms with Crippen molar-refractivity contribution in [2.24, 2.45) is 7.05 Å². The van der Waals surface area contributed by atoms with E-state index >= 15 is 0 Å². The molecule has 1 aromatic carbocycles. The normalized spacial score (nSPS) is 10.1. The minimum atomic E-state index is -1.27. The summed E-state index contributed by atoms with van der Waals surface area (Å²) in [5.41, 5.74) is -0.0960. The number of aryl methyl sites for hydroxylation is 1. The van der Waals surface area contributed by atoms with E-state index in [0.29, 0.717) is 0 Å². The summed E-state index contributed by atoms with van der Waals surface area (Å²) in [5, 5.41) is 24.1. The van der Waals surface area contributed by atoms with Gasteiger partial charge in [-0.25, -0.2) is 9.59 Å². The molecule has 0 bridgehead atoms. The maximum absolute atomic E-state index is 12.1. The van der Waals surface area contributed by atoms with Crippen molar-refractivity contribution in [2.75, 3.05) is 5.32 Å². The molecule has 0 unspecified atom stereocenters. The summed E-state index contributed by atoms with van der Waals surface area (Å²) in [4.78, 5) is 34.0. The van der Waals surface area contributed by atoms with Crippen LogP contribution in [0.25, 0.3) is 0 Å². The number of nitrogens with one attached hydrogen (secondary N) is 1. The second kappa shape index (κ2) is 5.45. The van der Waals surface area contributed by atoms with Gasteiger partial charge in [0.1, 0.15) is 11.3 Å². The first-order chi connectivity index (χ1) is 9.90. The van der Waals surface area contributed by atoms with Gasteiger partial charge in [-0.05, 0) is 18.2 Å². The Kier molecular flexibility index (Phi) is 3.70. The summed E-state index contributed by atoms with van der Waals surface area (Å²) in [7, 11) is 1.44. The van der Waals surface area contributed by atoms with Crippen LogP contribution in [0.4, 0.5) is 5.69 Å². The lowest BCUT2D eigenvalue weighted by atomic mass is 10.2. The highest BCUT2D eigenvalue weighted by Crippen LogP contribution is 2.14. The lowest BCUT2D eigenvalue weighted by molar-refractivity contribution is 0.0684. The maximum atomic E-state index is 12.1. The number of carboxylic acid groups (broad SMARTS) is 2. The summed E-state index contributed by atoms with van der Waals surface area (Å²) in [5.74, 6) is -3.08. The van der Waals surface area contributed by atoms with Crippen LogP contribution < -0.4 is 5.32 Å². The number of aromatic nitrogens is 2. The van der Waals surface area contributed by atoms with Crippen molar-refractivity contribution in [2.45, 2.75) is 0 Å². The van der Waals surface area contributed by atoms with E-state index in [2.05, 4.69) is 10.4 Å². The Morgan fingerprint density at radius 3 is 2.52 bits per heavy atom. The molecule has 0 aliphatic rings. The minimum Gasteiger partial charge on any atom is -0.478 e. The quantitative estimate of drug-likeness (QED) is 0.774. The van der Waals surface area contributed by atoms with Gasteiger partial charge in [0.15, 0.2) is 0 Å². The molecular formula is C13H11N3O5. The van der Waals surface area contributed by atoms with Gasteiger partial charge >= 0.3 is 11.9 Å². The maximum Gasteiger partial charge on any atom is 0.339 e. The van der Waals surface area contributed by atoms with Gasteiger partial charge in [-0.15, -0.1) is 0 Å². The van der Waals surface area contributed by atoms with Gasteiger partial charge in [0.2, 0.25) is 0 Å². The first kappa shape index (κ1) is 14.3. The summed E-state index contributed by atoms with van der Waals surface area (Å²) in [6.07, 6.45) is 1.07. The van der Waals surface area contributed by atoms with Gasteiger partial charge in [0.25, 0.3) is 5.91 Å². The van der Waals surface area contributed by atoms with Crippen LogP contribution in [-0.4, -0.2) is 37.8 Å². The topological polar surface area (TPSA) is 122 Å². The van der Waals surface area contributed by atoms with Crippen LogP contribution in [-0.2, 0) is 7.05 Å². The SMILES string of the molecule is Cn1ncc(C(=O)O)c1C(=O)Nc1cccc(C(=O)O)c1. The number of anilines is 1. The Bertz CT molecular complexity index is 735. The van der Waals surface area contributed by atoms with Gasteiger partial charge in [-0.1, -0.05) is 6.07 Å². The Morgan fingerprint density at radius 2 is 1.90 bits per heavy atom. The van der Waals surface area contributed by atoms with Crippen LogP contribution in [0.15, 0.2) is 30.5 Å². The van der Waals surface area contributed by atoms with E-state index in [-0.39, 0.29) is 22.5 Å². The number of aromatic carboxylic acids is 2. The van der Waals surface area contributed by atoms with E-state index in [1.807, 2.05) is 0 Å². The zero-order valence-corrected chi connectivity index (χ0v) is 10.9. The predicted molar refractivity (Wildman–Crippen MR) is 71.5 cm³/mol. The second-order valence-electron chi connectivity index (χ2n) is 4.18. The number of carboxylic acids is 2. The van der Waals surface area contributed by atoms with Gasteiger partial charge < -0.3 is 15.5 Å². The summed E-state index contributed by atoms with van der Waals surface area (Å²) in [6.45, 7) is 0. The molecule has 0 fully saturated rings. The Hall–Kier alpha value is -3.16. The Morgan fingerprint density at radius 1 is 1.19 bits per heavy atom. The summed E-state index contributed by atoms with van der Waals surface area (Å²) in [6, 6.07) is 5.63. The summed E-state index contributed by atoms with van der Waals surface area (Å²) < 4.78 is 1.14. The molecule has 1 aromatic heterocycles. The molecule has 1 amide bonds. The average Bonchev–Trinajstić information content (AvgIpc) is 2.81. The minimum absolute atomic E-state index is 0.0104. The predicted octanol–water partition coefficient (Wildman–Crippen LogP) is 1.07. The lowest BCUT2D eigenvalue weighted by Crippen LogP contribution is -2.19. The zero-order valence-electron chi connectivity index (χ0n) is 10.9. The molecule has 0 atom stereocenters. The number of carbonyl (C=O) groups is 3. The van der Waals surface area contributed by atoms with E-state index in [1.54, 1.807) is 0 Å². The van der Waals surface area contributed by atoms with Crippen LogP contribution in [0.1, 0.15) is 31.2 Å². The van der Waals surface area contributed by atoms with Crippen LogP contribution in [0, 0.1) is 0 Å². The highest BCUT2D eigenvalue weighted by Gasteiger charge is 2.21. The monoisotopic (exact) mass is 289 g/mol. The molecule has 1 heterocycles. The van der Waals surface area contributed by atoms with Crippen molar-refractivity contribution in [1.29, 1.82) is 0 Å². The van der Waals surface area contributed by atoms with Crippen molar-refractivity contribution in [3.05, 3.63) is 47.3 Å². The Labute approximate surface area is 118 Å². The summed E-state index contributed by atoms with van der Waals surface area (Å²) >= 11 is 0. The number of amides is 1. The first-order valence-electron chi connectivity index (χ1n) is 5.80. The molecule has 0 spiro atoms. The largest absolute Gasteiger partial charge is 0.478 e. The molecule has 0 aliphatic heterocycles. The average molecular weight is 289 g/mol. The van der Waals surface area contributed by atoms with E-state index in [0.717, 1.165) is 10.9 Å². The van der Waals surface area contributed by atoms with Gasteiger partial charge in [-0.3, -0.25) is 9.48 Å². The third-order valence-corrected chi connectivity index (χ3v) is 2.75. The van der Waals surface area contributed by atoms with Crippen molar-refractivity contribution in [3.63, 3.8) is 0 Å². The molecule has 2 rings (SSSR count). The zero-order chi connectivity index (χ0) is 15.6. The molecule has 3 N–H and O–H groups in total. The number of hydrogen-bond acceptors (Lipinski definition) is 4. The number of carbonyl (C=O) groups excluding carboxylic acids is 1. The van der Waals surface area contributed by atoms with E-state index in [9.17, 15) is 14.4 Å². The van der Waals surface area contributed by atoms with Crippen LogP contribution in [0.5, 0.6) is 0 Å².